The van der Waals surface area contributed by atoms with Crippen LogP contribution >= 0.6 is 11.3 Å². The molecule has 1 aromatic heterocycles. The number of rotatable bonds is 1. The summed E-state index contributed by atoms with van der Waals surface area (Å²) < 4.78 is 41.6. The first-order valence-electron chi connectivity index (χ1n) is 3.90. The molecule has 0 fully saturated rings. The van der Waals surface area contributed by atoms with Crippen LogP contribution in [0.2, 0.25) is 0 Å². The number of alkyl halides is 3. The summed E-state index contributed by atoms with van der Waals surface area (Å²) in [6, 6.07) is 0. The van der Waals surface area contributed by atoms with Gasteiger partial charge in [0.25, 0.3) is 5.19 Å². The van der Waals surface area contributed by atoms with E-state index in [2.05, 4.69) is 4.98 Å². The zero-order valence-corrected chi connectivity index (χ0v) is 8.79. The molecule has 0 aliphatic heterocycles. The Morgan fingerprint density at radius 2 is 1.86 bits per heavy atom. The van der Waals surface area contributed by atoms with Crippen molar-refractivity contribution in [3.63, 3.8) is 0 Å². The Morgan fingerprint density at radius 3 is 2.21 bits per heavy atom. The van der Waals surface area contributed by atoms with Crippen molar-refractivity contribution in [1.29, 1.82) is 0 Å². The van der Waals surface area contributed by atoms with Gasteiger partial charge in [0.15, 0.2) is 5.69 Å². The number of nitrogens with zero attached hydrogens (tertiary/aromatic N) is 1. The van der Waals surface area contributed by atoms with Gasteiger partial charge in [0.1, 0.15) is 5.60 Å². The summed E-state index contributed by atoms with van der Waals surface area (Å²) in [5.41, 5.74) is -1.43. The Kier molecular flexibility index (Phi) is 2.76. The fraction of sp³-hybridized carbons (Fsp3) is 0.625. The third kappa shape index (κ3) is 3.17. The number of halogens is 3. The van der Waals surface area contributed by atoms with Crippen LogP contribution in [0.3, 0.4) is 0 Å². The molecule has 0 unspecified atom stereocenters. The van der Waals surface area contributed by atoms with Gasteiger partial charge >= 0.3 is 6.18 Å². The van der Waals surface area contributed by atoms with E-state index in [4.69, 9.17) is 4.74 Å². The van der Waals surface area contributed by atoms with Crippen LogP contribution in [0.1, 0.15) is 26.5 Å². The second-order valence-electron chi connectivity index (χ2n) is 3.71. The van der Waals surface area contributed by atoms with Crippen molar-refractivity contribution in [2.45, 2.75) is 32.5 Å². The van der Waals surface area contributed by atoms with Crippen LogP contribution in [0.15, 0.2) is 5.38 Å². The van der Waals surface area contributed by atoms with Gasteiger partial charge in [-0.25, -0.2) is 0 Å². The summed E-state index contributed by atoms with van der Waals surface area (Å²) in [5, 5.41) is 0.992. The molecule has 6 heteroatoms. The molecule has 1 aromatic rings. The first-order chi connectivity index (χ1) is 6.18. The van der Waals surface area contributed by atoms with E-state index in [9.17, 15) is 13.2 Å². The van der Waals surface area contributed by atoms with Gasteiger partial charge in [0.05, 0.1) is 0 Å². The van der Waals surface area contributed by atoms with Crippen LogP contribution in [0.5, 0.6) is 5.19 Å². The van der Waals surface area contributed by atoms with Crippen molar-refractivity contribution in [2.75, 3.05) is 0 Å². The standard InChI is InChI=1S/C8H10F3NOS/c1-7(2,3)13-6-12-5(4-14-6)8(9,10)11/h4H,1-3H3. The minimum Gasteiger partial charge on any atom is -0.464 e. The summed E-state index contributed by atoms with van der Waals surface area (Å²) in [7, 11) is 0. The highest BCUT2D eigenvalue weighted by Gasteiger charge is 2.34. The maximum atomic E-state index is 12.1. The fourth-order valence-electron chi connectivity index (χ4n) is 0.696. The van der Waals surface area contributed by atoms with Crippen LogP contribution in [0.4, 0.5) is 13.2 Å². The zero-order valence-electron chi connectivity index (χ0n) is 7.97. The highest BCUT2D eigenvalue weighted by atomic mass is 32.1. The van der Waals surface area contributed by atoms with Crippen molar-refractivity contribution < 1.29 is 17.9 Å². The van der Waals surface area contributed by atoms with Gasteiger partial charge in [-0.15, -0.1) is 0 Å². The molecule has 0 saturated carbocycles. The topological polar surface area (TPSA) is 22.1 Å². The monoisotopic (exact) mass is 225 g/mol. The number of thiazole rings is 1. The molecular formula is C8H10F3NOS. The minimum absolute atomic E-state index is 0.0461. The smallest absolute Gasteiger partial charge is 0.434 e. The lowest BCUT2D eigenvalue weighted by Crippen LogP contribution is -2.23. The van der Waals surface area contributed by atoms with Crippen LogP contribution in [0, 0.1) is 0 Å². The second kappa shape index (κ2) is 3.42. The Labute approximate surface area is 83.7 Å². The molecule has 80 valence electrons. The van der Waals surface area contributed by atoms with E-state index in [1.165, 1.54) is 0 Å². The molecule has 0 radical (unpaired) electrons. The van der Waals surface area contributed by atoms with Gasteiger partial charge in [-0.3, -0.25) is 0 Å². The van der Waals surface area contributed by atoms with Gasteiger partial charge in [-0.2, -0.15) is 18.2 Å². The lowest BCUT2D eigenvalue weighted by molar-refractivity contribution is -0.141. The van der Waals surface area contributed by atoms with Crippen molar-refractivity contribution >= 4 is 11.3 Å². The van der Waals surface area contributed by atoms with Crippen molar-refractivity contribution in [3.05, 3.63) is 11.1 Å². The first kappa shape index (κ1) is 11.3. The molecule has 0 spiro atoms. The van der Waals surface area contributed by atoms with E-state index >= 15 is 0 Å². The number of aromatic nitrogens is 1. The molecule has 0 saturated heterocycles. The molecule has 14 heavy (non-hydrogen) atoms. The normalized spacial score (nSPS) is 13.0. The SMILES string of the molecule is CC(C)(C)Oc1nc(C(F)(F)F)cs1. The van der Waals surface area contributed by atoms with Gasteiger partial charge in [-0.1, -0.05) is 11.3 Å². The van der Waals surface area contributed by atoms with E-state index in [-0.39, 0.29) is 5.19 Å². The van der Waals surface area contributed by atoms with E-state index in [1.54, 1.807) is 20.8 Å². The van der Waals surface area contributed by atoms with Gasteiger partial charge in [0, 0.05) is 5.38 Å². The van der Waals surface area contributed by atoms with Crippen molar-refractivity contribution in [2.24, 2.45) is 0 Å². The van der Waals surface area contributed by atoms with E-state index in [1.807, 2.05) is 0 Å². The van der Waals surface area contributed by atoms with Gasteiger partial charge in [-0.05, 0) is 20.8 Å². The molecule has 0 amide bonds. The molecule has 0 aliphatic rings. The predicted molar refractivity (Wildman–Crippen MR) is 47.5 cm³/mol. The number of hydrogen-bond donors (Lipinski definition) is 0. The third-order valence-corrected chi connectivity index (χ3v) is 1.88. The van der Waals surface area contributed by atoms with Crippen LogP contribution in [0.25, 0.3) is 0 Å². The van der Waals surface area contributed by atoms with E-state index < -0.39 is 17.5 Å². The van der Waals surface area contributed by atoms with Crippen LogP contribution < -0.4 is 4.74 Å². The first-order valence-corrected chi connectivity index (χ1v) is 4.78. The summed E-state index contributed by atoms with van der Waals surface area (Å²) in [4.78, 5) is 3.34. The summed E-state index contributed by atoms with van der Waals surface area (Å²) in [5.74, 6) is 0. The average molecular weight is 225 g/mol. The maximum absolute atomic E-state index is 12.1. The Bertz CT molecular complexity index is 313. The Morgan fingerprint density at radius 1 is 1.29 bits per heavy atom. The van der Waals surface area contributed by atoms with Gasteiger partial charge in [0.2, 0.25) is 0 Å². The number of hydrogen-bond acceptors (Lipinski definition) is 3. The summed E-state index contributed by atoms with van der Waals surface area (Å²) >= 11 is 0.850. The molecule has 1 heterocycles. The van der Waals surface area contributed by atoms with E-state index in [0.29, 0.717) is 0 Å². The van der Waals surface area contributed by atoms with Crippen molar-refractivity contribution in [1.82, 2.24) is 4.98 Å². The second-order valence-corrected chi connectivity index (χ2v) is 4.53. The third-order valence-electron chi connectivity index (χ3n) is 1.17. The maximum Gasteiger partial charge on any atom is 0.434 e. The zero-order chi connectivity index (χ0) is 11.0. The van der Waals surface area contributed by atoms with Gasteiger partial charge < -0.3 is 4.74 Å². The lowest BCUT2D eigenvalue weighted by atomic mass is 10.2. The molecule has 0 atom stereocenters. The molecule has 2 nitrogen and oxygen atoms in total. The largest absolute Gasteiger partial charge is 0.464 e. The molecule has 0 aromatic carbocycles. The highest BCUT2D eigenvalue weighted by Crippen LogP contribution is 2.33. The molecule has 0 bridgehead atoms. The lowest BCUT2D eigenvalue weighted by Gasteiger charge is -2.18. The number of ether oxygens (including phenoxy) is 1. The summed E-state index contributed by atoms with van der Waals surface area (Å²) in [6.45, 7) is 5.25. The molecular weight excluding hydrogens is 215 g/mol. The quantitative estimate of drug-likeness (QED) is 0.731. The highest BCUT2D eigenvalue weighted by molar-refractivity contribution is 7.11. The fourth-order valence-corrected chi connectivity index (χ4v) is 1.54. The van der Waals surface area contributed by atoms with Crippen LogP contribution in [-0.4, -0.2) is 10.6 Å². The van der Waals surface area contributed by atoms with E-state index in [0.717, 1.165) is 16.7 Å². The predicted octanol–water partition coefficient (Wildman–Crippen LogP) is 3.34. The average Bonchev–Trinajstić information content (AvgIpc) is 2.29. The van der Waals surface area contributed by atoms with Crippen molar-refractivity contribution in [3.8, 4) is 5.19 Å². The summed E-state index contributed by atoms with van der Waals surface area (Å²) in [6.07, 6.45) is -4.39. The minimum atomic E-state index is -4.39. The molecule has 0 N–H and O–H groups in total. The molecule has 1 rings (SSSR count). The Balaban J connectivity index is 2.79. The Hall–Kier alpha value is -0.780. The molecule has 0 aliphatic carbocycles. The van der Waals surface area contributed by atoms with Crippen LogP contribution in [-0.2, 0) is 6.18 Å².